The highest BCUT2D eigenvalue weighted by Gasteiger charge is 2.36. The molecule has 11 nitrogen and oxygen atoms in total. The Labute approximate surface area is 293 Å². The fourth-order valence-corrected chi connectivity index (χ4v) is 7.33. The predicted octanol–water partition coefficient (Wildman–Crippen LogP) is 5.94. The van der Waals surface area contributed by atoms with E-state index in [1.54, 1.807) is 34.3 Å². The van der Waals surface area contributed by atoms with E-state index in [9.17, 15) is 14.9 Å². The van der Waals surface area contributed by atoms with Crippen molar-refractivity contribution in [1.29, 1.82) is 5.26 Å². The molecule has 2 N–H and O–H groups in total. The Kier molecular flexibility index (Phi) is 9.20. The van der Waals surface area contributed by atoms with Crippen LogP contribution < -0.4 is 15.8 Å². The van der Waals surface area contributed by atoms with Gasteiger partial charge >= 0.3 is 0 Å². The fraction of sp³-hybridized carbons (Fsp3) is 0.297. The highest BCUT2D eigenvalue weighted by atomic mass is 35.5. The first kappa shape index (κ1) is 34.3. The quantitative estimate of drug-likeness (QED) is 0.201. The van der Waals surface area contributed by atoms with E-state index < -0.39 is 23.3 Å². The van der Waals surface area contributed by atoms with E-state index in [0.29, 0.717) is 33.4 Å². The maximum Gasteiger partial charge on any atom is 0.270 e. The van der Waals surface area contributed by atoms with Gasteiger partial charge in [-0.3, -0.25) is 29.0 Å². The number of aromatic nitrogens is 4. The van der Waals surface area contributed by atoms with Crippen LogP contribution in [0.3, 0.4) is 0 Å². The molecule has 6 rings (SSSR count). The summed E-state index contributed by atoms with van der Waals surface area (Å²) in [5, 5.41) is 20.3. The molecule has 50 heavy (non-hydrogen) atoms. The van der Waals surface area contributed by atoms with Crippen molar-refractivity contribution in [3.05, 3.63) is 92.9 Å². The van der Waals surface area contributed by atoms with E-state index in [-0.39, 0.29) is 70.6 Å². The van der Waals surface area contributed by atoms with Gasteiger partial charge in [0.2, 0.25) is 5.91 Å². The van der Waals surface area contributed by atoms with Crippen LogP contribution in [-0.2, 0) is 4.79 Å². The van der Waals surface area contributed by atoms with Crippen molar-refractivity contribution in [3.8, 4) is 22.9 Å². The van der Waals surface area contributed by atoms with Gasteiger partial charge in [-0.05, 0) is 55.2 Å². The van der Waals surface area contributed by atoms with Gasteiger partial charge in [-0.25, -0.2) is 4.39 Å². The largest absolute Gasteiger partial charge is 0.366 e. The SMILES string of the molecule is C=CC(=O)N1CCN(c2c(C(=O)NC)c(=O)n(-c3c(C)ccnc3C(C)C)c3c(F)c(-c4c(C)ccc5[nH]ncc45)c(Cl)cc23)C[C@@H]1CC#N. The van der Waals surface area contributed by atoms with Gasteiger partial charge in [0.25, 0.3) is 11.5 Å². The van der Waals surface area contributed by atoms with Gasteiger partial charge in [0, 0.05) is 54.8 Å². The number of amides is 2. The summed E-state index contributed by atoms with van der Waals surface area (Å²) in [4.78, 5) is 49.5. The third kappa shape index (κ3) is 5.47. The lowest BCUT2D eigenvalue weighted by molar-refractivity contribution is -0.128. The van der Waals surface area contributed by atoms with Gasteiger partial charge in [-0.1, -0.05) is 38.1 Å². The molecule has 4 heterocycles. The molecule has 0 aliphatic carbocycles. The van der Waals surface area contributed by atoms with Crippen LogP contribution >= 0.6 is 11.6 Å². The summed E-state index contributed by atoms with van der Waals surface area (Å²) in [5.74, 6) is -1.96. The van der Waals surface area contributed by atoms with Crippen molar-refractivity contribution in [2.45, 2.75) is 46.1 Å². The molecule has 1 saturated heterocycles. The zero-order valence-corrected chi connectivity index (χ0v) is 29.2. The number of nitrogens with one attached hydrogen (secondary N) is 2. The second kappa shape index (κ2) is 13.4. The Morgan fingerprint density at radius 1 is 1.18 bits per heavy atom. The minimum Gasteiger partial charge on any atom is -0.366 e. The molecule has 0 saturated carbocycles. The fourth-order valence-electron chi connectivity index (χ4n) is 7.05. The summed E-state index contributed by atoms with van der Waals surface area (Å²) in [5.41, 5.74) is 2.64. The summed E-state index contributed by atoms with van der Waals surface area (Å²) in [7, 11) is 1.42. The molecule has 0 spiro atoms. The summed E-state index contributed by atoms with van der Waals surface area (Å²) in [6.07, 6.45) is 4.41. The first-order valence-electron chi connectivity index (χ1n) is 16.2. The first-order valence-corrected chi connectivity index (χ1v) is 16.6. The number of aromatic amines is 1. The van der Waals surface area contributed by atoms with Crippen LogP contribution in [0.5, 0.6) is 0 Å². The molecule has 1 fully saturated rings. The molecular formula is C37H36ClFN8O3. The molecule has 5 aromatic rings. The minimum absolute atomic E-state index is 0.0136. The van der Waals surface area contributed by atoms with Gasteiger partial charge in [0.05, 0.1) is 57.9 Å². The Morgan fingerprint density at radius 2 is 1.94 bits per heavy atom. The molecule has 3 aromatic heterocycles. The predicted molar refractivity (Wildman–Crippen MR) is 192 cm³/mol. The molecule has 2 amide bonds. The molecular weight excluding hydrogens is 659 g/mol. The van der Waals surface area contributed by atoms with Gasteiger partial charge in [-0.15, -0.1) is 0 Å². The third-order valence-electron chi connectivity index (χ3n) is 9.37. The summed E-state index contributed by atoms with van der Waals surface area (Å²) in [6, 6.07) is 8.55. The van der Waals surface area contributed by atoms with Crippen molar-refractivity contribution < 1.29 is 14.0 Å². The lowest BCUT2D eigenvalue weighted by Crippen LogP contribution is -2.55. The zero-order chi connectivity index (χ0) is 36.0. The van der Waals surface area contributed by atoms with E-state index in [1.807, 2.05) is 39.8 Å². The maximum atomic E-state index is 17.9. The number of nitriles is 1. The Balaban J connectivity index is 1.80. The van der Waals surface area contributed by atoms with Gasteiger partial charge in [-0.2, -0.15) is 10.4 Å². The van der Waals surface area contributed by atoms with Crippen molar-refractivity contribution in [1.82, 2.24) is 30.0 Å². The third-order valence-corrected chi connectivity index (χ3v) is 9.67. The Morgan fingerprint density at radius 3 is 2.62 bits per heavy atom. The number of benzene rings is 2. The number of anilines is 1. The standard InChI is InChI=1S/C37H36ClFN8O3/c1-7-27(48)46-15-14-45(18-22(46)10-12-40)34-23-16-25(38)29(28-20(4)8-9-26-24(28)17-43-44-26)31(39)35(23)47(37(50)30(34)36(49)41-6)33-21(5)11-13-42-32(33)19(2)3/h7-9,11,13,16-17,19,22H,1,10,14-15,18H2,2-6H3,(H,41,49)(H,43,44)/t22-/m0/s1. The minimum atomic E-state index is -0.766. The van der Waals surface area contributed by atoms with Gasteiger partial charge in [0.1, 0.15) is 5.56 Å². The number of carbonyl (C=O) groups excluding carboxylic acids is 2. The molecule has 0 radical (unpaired) electrons. The monoisotopic (exact) mass is 694 g/mol. The highest BCUT2D eigenvalue weighted by Crippen LogP contribution is 2.44. The molecule has 0 unspecified atom stereocenters. The summed E-state index contributed by atoms with van der Waals surface area (Å²) >= 11 is 7.08. The van der Waals surface area contributed by atoms with E-state index >= 15 is 9.18 Å². The van der Waals surface area contributed by atoms with Crippen LogP contribution in [0.2, 0.25) is 5.02 Å². The van der Waals surface area contributed by atoms with E-state index in [0.717, 1.165) is 5.56 Å². The molecule has 1 atom stereocenters. The summed E-state index contributed by atoms with van der Waals surface area (Å²) in [6.45, 7) is 11.5. The molecule has 1 aliphatic heterocycles. The smallest absolute Gasteiger partial charge is 0.270 e. The lowest BCUT2D eigenvalue weighted by Gasteiger charge is -2.42. The van der Waals surface area contributed by atoms with Crippen LogP contribution in [-0.4, -0.2) is 69.2 Å². The van der Waals surface area contributed by atoms with Crippen molar-refractivity contribution in [3.63, 3.8) is 0 Å². The number of halogens is 2. The number of fused-ring (bicyclic) bond motifs is 2. The van der Waals surface area contributed by atoms with E-state index in [1.165, 1.54) is 17.7 Å². The second-order valence-corrected chi connectivity index (χ2v) is 13.1. The number of piperazine rings is 1. The topological polar surface area (TPSA) is 140 Å². The molecule has 256 valence electrons. The Hall–Kier alpha value is -5.54. The van der Waals surface area contributed by atoms with E-state index in [2.05, 4.69) is 33.1 Å². The van der Waals surface area contributed by atoms with Crippen LogP contribution in [0, 0.1) is 31.0 Å². The summed E-state index contributed by atoms with van der Waals surface area (Å²) < 4.78 is 19.1. The van der Waals surface area contributed by atoms with Crippen LogP contribution in [0.15, 0.2) is 54.1 Å². The zero-order valence-electron chi connectivity index (χ0n) is 28.4. The van der Waals surface area contributed by atoms with Gasteiger partial charge < -0.3 is 15.1 Å². The van der Waals surface area contributed by atoms with Crippen molar-refractivity contribution in [2.24, 2.45) is 0 Å². The normalized spacial score (nSPS) is 14.7. The molecule has 1 aliphatic rings. The number of nitrogens with zero attached hydrogens (tertiary/aromatic N) is 6. The number of rotatable bonds is 7. The molecule has 0 bridgehead atoms. The van der Waals surface area contributed by atoms with Gasteiger partial charge in [0.15, 0.2) is 5.82 Å². The average molecular weight is 695 g/mol. The number of hydrogen-bond acceptors (Lipinski definition) is 7. The number of pyridine rings is 2. The number of H-pyrrole nitrogens is 1. The highest BCUT2D eigenvalue weighted by molar-refractivity contribution is 6.35. The maximum absolute atomic E-state index is 17.9. The number of hydrogen-bond donors (Lipinski definition) is 2. The number of aryl methyl sites for hydroxylation is 2. The van der Waals surface area contributed by atoms with Crippen LogP contribution in [0.1, 0.15) is 53.4 Å². The van der Waals surface area contributed by atoms with E-state index in [4.69, 9.17) is 11.6 Å². The van der Waals surface area contributed by atoms with Crippen molar-refractivity contribution >= 4 is 50.9 Å². The lowest BCUT2D eigenvalue weighted by atomic mass is 9.93. The molecule has 13 heteroatoms. The number of carbonyl (C=O) groups is 2. The van der Waals surface area contributed by atoms with Crippen molar-refractivity contribution in [2.75, 3.05) is 31.6 Å². The molecule has 2 aromatic carbocycles. The average Bonchev–Trinajstić information content (AvgIpc) is 3.57. The second-order valence-electron chi connectivity index (χ2n) is 12.7. The Bertz CT molecular complexity index is 2320. The van der Waals surface area contributed by atoms with Crippen LogP contribution in [0.25, 0.3) is 38.6 Å². The van der Waals surface area contributed by atoms with Crippen LogP contribution in [0.4, 0.5) is 10.1 Å². The first-order chi connectivity index (χ1) is 23.9.